The summed E-state index contributed by atoms with van der Waals surface area (Å²) in [6.45, 7) is 8.85. The van der Waals surface area contributed by atoms with Crippen LogP contribution in [0.4, 0.5) is 0 Å². The zero-order valence-electron chi connectivity index (χ0n) is 13.6. The summed E-state index contributed by atoms with van der Waals surface area (Å²) < 4.78 is 0. The van der Waals surface area contributed by atoms with Gasteiger partial charge in [-0.3, -0.25) is 4.79 Å². The lowest BCUT2D eigenvalue weighted by molar-refractivity contribution is -0.122. The molecule has 4 heteroatoms. The van der Waals surface area contributed by atoms with Gasteiger partial charge in [0.15, 0.2) is 0 Å². The molecule has 1 saturated heterocycles. The van der Waals surface area contributed by atoms with Gasteiger partial charge in [0.1, 0.15) is 0 Å². The third-order valence-corrected chi connectivity index (χ3v) is 5.59. The predicted octanol–water partition coefficient (Wildman–Crippen LogP) is 1.61. The first kappa shape index (κ1) is 15.3. The monoisotopic (exact) mass is 293 g/mol. The van der Waals surface area contributed by atoms with Crippen molar-refractivity contribution in [1.29, 1.82) is 0 Å². The van der Waals surface area contributed by atoms with Crippen LogP contribution in [0.1, 0.15) is 46.0 Å². The molecule has 2 aliphatic carbocycles. The maximum Gasteiger partial charge on any atom is 0.223 e. The Hall–Kier alpha value is -0.610. The van der Waals surface area contributed by atoms with Crippen molar-refractivity contribution in [2.45, 2.75) is 58.0 Å². The number of nitrogens with one attached hydrogen (secondary N) is 2. The summed E-state index contributed by atoms with van der Waals surface area (Å²) >= 11 is 0. The number of hydrogen-bond donors (Lipinski definition) is 2. The van der Waals surface area contributed by atoms with Crippen LogP contribution in [0.2, 0.25) is 0 Å². The van der Waals surface area contributed by atoms with Gasteiger partial charge in [0.05, 0.1) is 0 Å². The number of amides is 1. The maximum atomic E-state index is 11.6. The van der Waals surface area contributed by atoms with E-state index in [2.05, 4.69) is 29.4 Å². The van der Waals surface area contributed by atoms with Crippen molar-refractivity contribution in [3.05, 3.63) is 0 Å². The molecule has 0 aromatic carbocycles. The Labute approximate surface area is 129 Å². The molecule has 1 amide bonds. The summed E-state index contributed by atoms with van der Waals surface area (Å²) in [5, 5.41) is 6.82. The minimum absolute atomic E-state index is 0.270. The lowest BCUT2D eigenvalue weighted by Gasteiger charge is -2.49. The Morgan fingerprint density at radius 2 is 1.76 bits per heavy atom. The molecule has 1 aliphatic heterocycles. The summed E-state index contributed by atoms with van der Waals surface area (Å²) in [4.78, 5) is 14.3. The summed E-state index contributed by atoms with van der Waals surface area (Å²) in [6, 6.07) is 1.35. The molecule has 120 valence electrons. The number of fused-ring (bicyclic) bond motifs is 2. The fourth-order valence-electron chi connectivity index (χ4n) is 4.14. The fraction of sp³-hybridized carbons (Fsp3) is 0.941. The molecule has 1 heterocycles. The van der Waals surface area contributed by atoms with Crippen molar-refractivity contribution in [2.24, 2.45) is 17.8 Å². The summed E-state index contributed by atoms with van der Waals surface area (Å²) in [7, 11) is 0. The molecule has 2 saturated carbocycles. The quantitative estimate of drug-likeness (QED) is 0.731. The highest BCUT2D eigenvalue weighted by molar-refractivity contribution is 5.80. The second kappa shape index (κ2) is 6.66. The van der Waals surface area contributed by atoms with E-state index in [1.165, 1.54) is 32.4 Å². The van der Waals surface area contributed by atoms with E-state index in [1.807, 2.05) is 0 Å². The third kappa shape index (κ3) is 3.78. The van der Waals surface area contributed by atoms with E-state index in [1.54, 1.807) is 0 Å². The second-order valence-electron chi connectivity index (χ2n) is 7.54. The Balaban J connectivity index is 1.43. The molecule has 2 atom stereocenters. The van der Waals surface area contributed by atoms with Gasteiger partial charge in [-0.15, -0.1) is 0 Å². The Bertz CT molecular complexity index is 353. The van der Waals surface area contributed by atoms with Gasteiger partial charge in [-0.1, -0.05) is 6.42 Å². The molecule has 3 aliphatic rings. The lowest BCUT2D eigenvalue weighted by atomic mass is 9.73. The summed E-state index contributed by atoms with van der Waals surface area (Å²) in [5.74, 6) is 2.21. The number of likely N-dealkylation sites (tertiary alicyclic amines) is 1. The summed E-state index contributed by atoms with van der Waals surface area (Å²) in [6.07, 6.45) is 6.32. The SMILES string of the molecule is CC(C)N1CC2CCCC(C1)C2NCCNC(=O)C1CC1. The van der Waals surface area contributed by atoms with Gasteiger partial charge >= 0.3 is 0 Å². The van der Waals surface area contributed by atoms with Crippen LogP contribution in [-0.4, -0.2) is 49.1 Å². The van der Waals surface area contributed by atoms with Gasteiger partial charge in [0, 0.05) is 44.2 Å². The average Bonchev–Trinajstić information content (AvgIpc) is 3.26. The Morgan fingerprint density at radius 1 is 1.10 bits per heavy atom. The van der Waals surface area contributed by atoms with Crippen LogP contribution in [0.5, 0.6) is 0 Å². The minimum atomic E-state index is 0.270. The van der Waals surface area contributed by atoms with E-state index < -0.39 is 0 Å². The van der Waals surface area contributed by atoms with Gasteiger partial charge in [-0.2, -0.15) is 0 Å². The molecule has 21 heavy (non-hydrogen) atoms. The van der Waals surface area contributed by atoms with Gasteiger partial charge in [-0.05, 0) is 51.4 Å². The minimum Gasteiger partial charge on any atom is -0.355 e. The van der Waals surface area contributed by atoms with Crippen LogP contribution in [0.25, 0.3) is 0 Å². The smallest absolute Gasteiger partial charge is 0.223 e. The molecule has 0 aromatic heterocycles. The number of nitrogens with zero attached hydrogens (tertiary/aromatic N) is 1. The number of hydrogen-bond acceptors (Lipinski definition) is 3. The molecule has 2 unspecified atom stereocenters. The molecule has 0 radical (unpaired) electrons. The third-order valence-electron chi connectivity index (χ3n) is 5.59. The van der Waals surface area contributed by atoms with Gasteiger partial charge < -0.3 is 15.5 Å². The first-order valence-corrected chi connectivity index (χ1v) is 8.90. The molecule has 4 nitrogen and oxygen atoms in total. The van der Waals surface area contributed by atoms with Crippen LogP contribution in [0.15, 0.2) is 0 Å². The maximum absolute atomic E-state index is 11.6. The zero-order valence-corrected chi connectivity index (χ0v) is 13.6. The molecule has 3 rings (SSSR count). The van der Waals surface area contributed by atoms with E-state index in [-0.39, 0.29) is 5.91 Å². The largest absolute Gasteiger partial charge is 0.355 e. The van der Waals surface area contributed by atoms with E-state index in [9.17, 15) is 4.79 Å². The van der Waals surface area contributed by atoms with Gasteiger partial charge in [-0.25, -0.2) is 0 Å². The molecular formula is C17H31N3O. The first-order chi connectivity index (χ1) is 10.1. The van der Waals surface area contributed by atoms with E-state index in [0.29, 0.717) is 18.0 Å². The Kier molecular flexibility index (Phi) is 4.85. The standard InChI is InChI=1S/C17H31N3O/c1-12(2)20-10-14-4-3-5-15(11-20)16(14)18-8-9-19-17(21)13-6-7-13/h12-16,18H,3-11H2,1-2H3,(H,19,21). The molecule has 0 aromatic rings. The van der Waals surface area contributed by atoms with Crippen molar-refractivity contribution < 1.29 is 4.79 Å². The molecule has 2 bridgehead atoms. The van der Waals surface area contributed by atoms with Crippen LogP contribution in [0, 0.1) is 17.8 Å². The van der Waals surface area contributed by atoms with E-state index in [4.69, 9.17) is 0 Å². The highest BCUT2D eigenvalue weighted by Gasteiger charge is 2.39. The lowest BCUT2D eigenvalue weighted by Crippen LogP contribution is -2.59. The second-order valence-corrected chi connectivity index (χ2v) is 7.54. The normalized spacial score (nSPS) is 33.2. The van der Waals surface area contributed by atoms with Gasteiger partial charge in [0.2, 0.25) is 5.91 Å². The number of carbonyl (C=O) groups excluding carboxylic acids is 1. The van der Waals surface area contributed by atoms with Crippen molar-refractivity contribution >= 4 is 5.91 Å². The topological polar surface area (TPSA) is 44.4 Å². The van der Waals surface area contributed by atoms with E-state index >= 15 is 0 Å². The van der Waals surface area contributed by atoms with Crippen molar-refractivity contribution in [1.82, 2.24) is 15.5 Å². The first-order valence-electron chi connectivity index (χ1n) is 8.90. The van der Waals surface area contributed by atoms with Gasteiger partial charge in [0.25, 0.3) is 0 Å². The molecule has 0 spiro atoms. The highest BCUT2D eigenvalue weighted by atomic mass is 16.2. The number of rotatable bonds is 6. The van der Waals surface area contributed by atoms with Crippen molar-refractivity contribution in [3.63, 3.8) is 0 Å². The zero-order chi connectivity index (χ0) is 14.8. The van der Waals surface area contributed by atoms with Crippen molar-refractivity contribution in [3.8, 4) is 0 Å². The molecule has 2 N–H and O–H groups in total. The molecule has 3 fully saturated rings. The molecular weight excluding hydrogens is 262 g/mol. The number of piperidine rings is 1. The Morgan fingerprint density at radius 3 is 2.33 bits per heavy atom. The van der Waals surface area contributed by atoms with Crippen LogP contribution in [0.3, 0.4) is 0 Å². The summed E-state index contributed by atoms with van der Waals surface area (Å²) in [5.41, 5.74) is 0. The van der Waals surface area contributed by atoms with Crippen LogP contribution in [-0.2, 0) is 4.79 Å². The average molecular weight is 293 g/mol. The van der Waals surface area contributed by atoms with Crippen LogP contribution < -0.4 is 10.6 Å². The highest BCUT2D eigenvalue weighted by Crippen LogP contribution is 2.35. The number of carbonyl (C=O) groups is 1. The van der Waals surface area contributed by atoms with E-state index in [0.717, 1.165) is 37.8 Å². The fourth-order valence-corrected chi connectivity index (χ4v) is 4.14. The van der Waals surface area contributed by atoms with Crippen molar-refractivity contribution in [2.75, 3.05) is 26.2 Å². The predicted molar refractivity (Wildman–Crippen MR) is 85.1 cm³/mol. The van der Waals surface area contributed by atoms with Crippen LogP contribution >= 0.6 is 0 Å².